The van der Waals surface area contributed by atoms with Crippen molar-refractivity contribution in [1.29, 1.82) is 5.41 Å². The van der Waals surface area contributed by atoms with Gasteiger partial charge >= 0.3 is 6.03 Å². The maximum Gasteiger partial charge on any atom is 0.327 e. The normalized spacial score (nSPS) is 9.44. The average Bonchev–Trinajstić information content (AvgIpc) is 2.21. The van der Waals surface area contributed by atoms with Crippen molar-refractivity contribution in [3.63, 3.8) is 0 Å². The van der Waals surface area contributed by atoms with Gasteiger partial charge in [0.1, 0.15) is 5.82 Å². The van der Waals surface area contributed by atoms with Gasteiger partial charge in [0, 0.05) is 20.3 Å². The highest BCUT2D eigenvalue weighted by atomic mass is 16.2. The molecule has 3 N–H and O–H groups in total. The van der Waals surface area contributed by atoms with Crippen molar-refractivity contribution in [2.45, 2.75) is 6.92 Å². The number of guanidine groups is 1. The summed E-state index contributed by atoms with van der Waals surface area (Å²) in [7, 11) is 3.35. The lowest BCUT2D eigenvalue weighted by Gasteiger charge is -2.14. The van der Waals surface area contributed by atoms with Crippen molar-refractivity contribution in [2.24, 2.45) is 0 Å². The second kappa shape index (κ2) is 5.11. The van der Waals surface area contributed by atoms with Crippen molar-refractivity contribution in [3.8, 4) is 0 Å². The second-order valence-corrected chi connectivity index (χ2v) is 3.49. The molecule has 0 atom stereocenters. The zero-order valence-corrected chi connectivity index (χ0v) is 9.53. The van der Waals surface area contributed by atoms with E-state index in [-0.39, 0.29) is 5.96 Å². The molecule has 0 unspecified atom stereocenters. The summed E-state index contributed by atoms with van der Waals surface area (Å²) < 4.78 is 0. The number of pyridine rings is 1. The van der Waals surface area contributed by atoms with Crippen LogP contribution in [-0.4, -0.2) is 36.0 Å². The Bertz CT molecular complexity index is 402. The Morgan fingerprint density at radius 1 is 1.50 bits per heavy atom. The molecule has 86 valence electrons. The number of rotatable bonds is 1. The van der Waals surface area contributed by atoms with E-state index < -0.39 is 6.03 Å². The zero-order valence-electron chi connectivity index (χ0n) is 9.53. The van der Waals surface area contributed by atoms with Gasteiger partial charge in [-0.3, -0.25) is 16.0 Å². The molecule has 0 radical (unpaired) electrons. The summed E-state index contributed by atoms with van der Waals surface area (Å²) in [6.45, 7) is 1.85. The molecule has 1 heterocycles. The molecule has 1 aromatic heterocycles. The van der Waals surface area contributed by atoms with Gasteiger partial charge in [-0.2, -0.15) is 0 Å². The Morgan fingerprint density at radius 3 is 2.75 bits per heavy atom. The van der Waals surface area contributed by atoms with E-state index in [1.165, 1.54) is 4.90 Å². The molecule has 0 bridgehead atoms. The monoisotopic (exact) mass is 221 g/mol. The van der Waals surface area contributed by atoms with Crippen molar-refractivity contribution in [2.75, 3.05) is 19.4 Å². The standard InChI is InChI=1S/C10H15N5O/c1-7-5-4-6-12-8(7)13-10(16)14-9(11)15(2)3/h4-6H,1-3H3,(H3,11,12,13,14,16). The van der Waals surface area contributed by atoms with Crippen LogP contribution in [-0.2, 0) is 0 Å². The lowest BCUT2D eigenvalue weighted by atomic mass is 10.3. The molecule has 6 nitrogen and oxygen atoms in total. The molecule has 2 amide bonds. The molecule has 1 rings (SSSR count). The smallest absolute Gasteiger partial charge is 0.327 e. The molecule has 6 heteroatoms. The summed E-state index contributed by atoms with van der Waals surface area (Å²) in [5.41, 5.74) is 0.869. The van der Waals surface area contributed by atoms with E-state index in [1.807, 2.05) is 13.0 Å². The summed E-state index contributed by atoms with van der Waals surface area (Å²) >= 11 is 0. The second-order valence-electron chi connectivity index (χ2n) is 3.49. The number of carbonyl (C=O) groups excluding carboxylic acids is 1. The molecule has 0 saturated heterocycles. The summed E-state index contributed by atoms with van der Waals surface area (Å²) in [6.07, 6.45) is 1.60. The van der Waals surface area contributed by atoms with Gasteiger partial charge in [0.15, 0.2) is 5.96 Å². The molecule has 0 fully saturated rings. The lowest BCUT2D eigenvalue weighted by molar-refractivity contribution is 0.255. The van der Waals surface area contributed by atoms with Crippen LogP contribution in [0.25, 0.3) is 0 Å². The minimum absolute atomic E-state index is 0.0195. The number of hydrogen-bond acceptors (Lipinski definition) is 3. The molecule has 0 saturated carbocycles. The van der Waals surface area contributed by atoms with Crippen LogP contribution in [0.3, 0.4) is 0 Å². The van der Waals surface area contributed by atoms with Crippen LogP contribution in [0.2, 0.25) is 0 Å². The van der Waals surface area contributed by atoms with Crippen LogP contribution in [0.1, 0.15) is 5.56 Å². The average molecular weight is 221 g/mol. The highest BCUT2D eigenvalue weighted by Gasteiger charge is 2.07. The quantitative estimate of drug-likeness (QED) is 0.489. The number of nitrogens with one attached hydrogen (secondary N) is 3. The fraction of sp³-hybridized carbons (Fsp3) is 0.300. The van der Waals surface area contributed by atoms with Crippen LogP contribution in [0.5, 0.6) is 0 Å². The van der Waals surface area contributed by atoms with E-state index >= 15 is 0 Å². The molecular formula is C10H15N5O. The molecule has 0 aliphatic rings. The van der Waals surface area contributed by atoms with Gasteiger partial charge in [0.25, 0.3) is 0 Å². The van der Waals surface area contributed by atoms with Gasteiger partial charge in [-0.05, 0) is 18.6 Å². The number of amides is 2. The van der Waals surface area contributed by atoms with Crippen LogP contribution in [0.4, 0.5) is 10.6 Å². The molecule has 0 aromatic carbocycles. The van der Waals surface area contributed by atoms with Gasteiger partial charge < -0.3 is 4.90 Å². The number of aromatic nitrogens is 1. The first kappa shape index (κ1) is 12.0. The number of urea groups is 1. The minimum Gasteiger partial charge on any atom is -0.349 e. The maximum absolute atomic E-state index is 11.4. The number of aryl methyl sites for hydroxylation is 1. The minimum atomic E-state index is -0.472. The first-order chi connectivity index (χ1) is 7.50. The summed E-state index contributed by atoms with van der Waals surface area (Å²) in [5, 5.41) is 12.4. The van der Waals surface area contributed by atoms with E-state index in [2.05, 4.69) is 15.6 Å². The zero-order chi connectivity index (χ0) is 12.1. The van der Waals surface area contributed by atoms with Crippen LogP contribution in [0.15, 0.2) is 18.3 Å². The number of nitrogens with zero attached hydrogens (tertiary/aromatic N) is 2. The highest BCUT2D eigenvalue weighted by molar-refractivity contribution is 6.01. The fourth-order valence-corrected chi connectivity index (χ4v) is 0.975. The third-order valence-corrected chi connectivity index (χ3v) is 1.92. The maximum atomic E-state index is 11.4. The third-order valence-electron chi connectivity index (χ3n) is 1.92. The predicted molar refractivity (Wildman–Crippen MR) is 62.5 cm³/mol. The lowest BCUT2D eigenvalue weighted by Crippen LogP contribution is -2.41. The molecule has 1 aromatic rings. The molecular weight excluding hydrogens is 206 g/mol. The molecule has 16 heavy (non-hydrogen) atoms. The molecule has 0 aliphatic heterocycles. The summed E-state index contributed by atoms with van der Waals surface area (Å²) in [5.74, 6) is 0.512. The van der Waals surface area contributed by atoms with Crippen molar-refractivity contribution < 1.29 is 4.79 Å². The first-order valence-corrected chi connectivity index (χ1v) is 4.76. The third kappa shape index (κ3) is 3.23. The highest BCUT2D eigenvalue weighted by Crippen LogP contribution is 2.08. The van der Waals surface area contributed by atoms with Crippen LogP contribution in [0, 0.1) is 12.3 Å². The Morgan fingerprint density at radius 2 is 2.19 bits per heavy atom. The Balaban J connectivity index is 2.59. The van der Waals surface area contributed by atoms with Gasteiger partial charge in [-0.15, -0.1) is 0 Å². The van der Waals surface area contributed by atoms with E-state index in [9.17, 15) is 4.79 Å². The van der Waals surface area contributed by atoms with Gasteiger partial charge in [0.2, 0.25) is 0 Å². The van der Waals surface area contributed by atoms with Crippen LogP contribution < -0.4 is 10.6 Å². The van der Waals surface area contributed by atoms with Crippen LogP contribution >= 0.6 is 0 Å². The van der Waals surface area contributed by atoms with Gasteiger partial charge in [-0.1, -0.05) is 6.07 Å². The van der Waals surface area contributed by atoms with Crippen molar-refractivity contribution >= 4 is 17.8 Å². The predicted octanol–water partition coefficient (Wildman–Crippen LogP) is 1.01. The van der Waals surface area contributed by atoms with E-state index in [1.54, 1.807) is 26.4 Å². The Kier molecular flexibility index (Phi) is 3.82. The van der Waals surface area contributed by atoms with Gasteiger partial charge in [-0.25, -0.2) is 9.78 Å². The SMILES string of the molecule is Cc1cccnc1NC(=O)NC(=N)N(C)C. The largest absolute Gasteiger partial charge is 0.349 e. The molecule has 0 aliphatic carbocycles. The number of hydrogen-bond donors (Lipinski definition) is 3. The Hall–Kier alpha value is -2.11. The molecule has 0 spiro atoms. The summed E-state index contributed by atoms with van der Waals surface area (Å²) in [4.78, 5) is 17.0. The van der Waals surface area contributed by atoms with E-state index in [0.29, 0.717) is 5.82 Å². The first-order valence-electron chi connectivity index (χ1n) is 4.76. The Labute approximate surface area is 94.2 Å². The topological polar surface area (TPSA) is 81.1 Å². The fourth-order valence-electron chi connectivity index (χ4n) is 0.975. The van der Waals surface area contributed by atoms with Gasteiger partial charge in [0.05, 0.1) is 0 Å². The summed E-state index contributed by atoms with van der Waals surface area (Å²) in [6, 6.07) is 3.17. The van der Waals surface area contributed by atoms with Crippen molar-refractivity contribution in [1.82, 2.24) is 15.2 Å². The van der Waals surface area contributed by atoms with Crippen molar-refractivity contribution in [3.05, 3.63) is 23.9 Å². The number of carbonyl (C=O) groups is 1. The van der Waals surface area contributed by atoms with E-state index in [0.717, 1.165) is 5.56 Å². The van der Waals surface area contributed by atoms with E-state index in [4.69, 9.17) is 5.41 Å². The number of anilines is 1.